The molecule has 0 bridgehead atoms. The Bertz CT molecular complexity index is 294. The second-order valence-corrected chi connectivity index (χ2v) is 3.24. The van der Waals surface area contributed by atoms with Crippen LogP contribution in [0.2, 0.25) is 0 Å². The maximum atomic E-state index is 8.93. The van der Waals surface area contributed by atoms with Crippen LogP contribution < -0.4 is 5.73 Å². The van der Waals surface area contributed by atoms with Crippen molar-refractivity contribution in [2.75, 3.05) is 12.3 Å². The van der Waals surface area contributed by atoms with Crippen LogP contribution in [0.1, 0.15) is 0 Å². The second-order valence-electron chi connectivity index (χ2n) is 3.24. The largest absolute Gasteiger partial charge is 0.394 e. The van der Waals surface area contributed by atoms with Gasteiger partial charge in [0.15, 0.2) is 6.29 Å². The average Bonchev–Trinajstić information content (AvgIpc) is 2.83. The van der Waals surface area contributed by atoms with Gasteiger partial charge in [-0.25, -0.2) is 4.98 Å². The first-order chi connectivity index (χ1) is 7.56. The zero-order valence-electron chi connectivity index (χ0n) is 8.39. The molecule has 92 valence electrons. The van der Waals surface area contributed by atoms with Crippen molar-refractivity contribution < 1.29 is 25.2 Å². The monoisotopic (exact) mass is 233 g/mol. The predicted molar refractivity (Wildman–Crippen MR) is 53.0 cm³/mol. The van der Waals surface area contributed by atoms with Crippen LogP contribution in [0, 0.1) is 0 Å². The Morgan fingerprint density at radius 3 is 2.25 bits per heavy atom. The molecule has 2 heterocycles. The van der Waals surface area contributed by atoms with Crippen LogP contribution in [0.25, 0.3) is 0 Å². The minimum absolute atomic E-state index is 0.407. The topological polar surface area (TPSA) is 145 Å². The number of hydrogen-bond donors (Lipinski definition) is 6. The fourth-order valence-electron chi connectivity index (χ4n) is 1.15. The van der Waals surface area contributed by atoms with Gasteiger partial charge in [-0.2, -0.15) is 0 Å². The van der Waals surface area contributed by atoms with Gasteiger partial charge in [0.1, 0.15) is 24.1 Å². The van der Waals surface area contributed by atoms with Gasteiger partial charge in [-0.15, -0.1) is 0 Å². The number of aromatic nitrogens is 2. The number of rotatable bonds is 1. The molecule has 0 aromatic carbocycles. The maximum absolute atomic E-state index is 8.93. The van der Waals surface area contributed by atoms with E-state index in [-0.39, 0.29) is 0 Å². The van der Waals surface area contributed by atoms with E-state index < -0.39 is 31.2 Å². The summed E-state index contributed by atoms with van der Waals surface area (Å²) in [5.74, 6) is 0.606. The molecule has 16 heavy (non-hydrogen) atoms. The van der Waals surface area contributed by atoms with Gasteiger partial charge in [-0.1, -0.05) is 0 Å². The van der Waals surface area contributed by atoms with Crippen LogP contribution in [-0.4, -0.2) is 61.6 Å². The summed E-state index contributed by atoms with van der Waals surface area (Å²) in [5, 5.41) is 35.0. The Hall–Kier alpha value is -1.19. The summed E-state index contributed by atoms with van der Waals surface area (Å²) in [6.07, 6.45) is -1.66. The smallest absolute Gasteiger partial charge is 0.184 e. The van der Waals surface area contributed by atoms with Crippen LogP contribution in [0.3, 0.4) is 0 Å². The molecule has 2 rings (SSSR count). The first kappa shape index (κ1) is 12.9. The number of anilines is 1. The molecule has 0 saturated carbocycles. The Balaban J connectivity index is 0.000000181. The number of aromatic amines is 1. The number of nitrogen functional groups attached to an aromatic ring is 1. The highest BCUT2D eigenvalue weighted by molar-refractivity contribution is 5.20. The summed E-state index contributed by atoms with van der Waals surface area (Å²) >= 11 is 0. The number of ether oxygens (including phenoxy) is 1. The Kier molecular flexibility index (Phi) is 4.65. The highest BCUT2D eigenvalue weighted by Crippen LogP contribution is 2.18. The number of imidazole rings is 1. The molecule has 8 nitrogen and oxygen atoms in total. The van der Waals surface area contributed by atoms with E-state index >= 15 is 0 Å². The lowest BCUT2D eigenvalue weighted by Crippen LogP contribution is -2.33. The van der Waals surface area contributed by atoms with Crippen molar-refractivity contribution in [3.8, 4) is 0 Å². The van der Waals surface area contributed by atoms with Crippen molar-refractivity contribution in [1.82, 2.24) is 9.97 Å². The normalized spacial score (nSPS) is 33.2. The highest BCUT2D eigenvalue weighted by atomic mass is 16.6. The first-order valence-corrected chi connectivity index (χ1v) is 4.60. The van der Waals surface area contributed by atoms with Gasteiger partial charge < -0.3 is 35.9 Å². The molecule has 4 atom stereocenters. The minimum Gasteiger partial charge on any atom is -0.394 e. The number of aliphatic hydroxyl groups is 4. The van der Waals surface area contributed by atoms with Crippen LogP contribution in [0.4, 0.5) is 5.82 Å². The molecule has 7 N–H and O–H groups in total. The average molecular weight is 233 g/mol. The van der Waals surface area contributed by atoms with Crippen LogP contribution in [-0.2, 0) is 4.74 Å². The fraction of sp³-hybridized carbons (Fsp3) is 0.625. The zero-order chi connectivity index (χ0) is 12.1. The number of nitrogens with zero attached hydrogens (tertiary/aromatic N) is 1. The van der Waals surface area contributed by atoms with Gasteiger partial charge in [0.2, 0.25) is 0 Å². The molecule has 1 fully saturated rings. The molecular formula is C8H15N3O5. The van der Waals surface area contributed by atoms with Gasteiger partial charge in [0.05, 0.1) is 19.1 Å². The molecule has 1 aromatic heterocycles. The lowest BCUT2D eigenvalue weighted by atomic mass is 10.1. The number of aliphatic hydroxyl groups excluding tert-OH is 4. The summed E-state index contributed by atoms with van der Waals surface area (Å²) in [6.45, 7) is -0.407. The molecule has 0 aliphatic carbocycles. The van der Waals surface area contributed by atoms with Crippen LogP contribution >= 0.6 is 0 Å². The van der Waals surface area contributed by atoms with E-state index in [1.54, 1.807) is 6.20 Å². The van der Waals surface area contributed by atoms with Gasteiger partial charge in [-0.3, -0.25) is 0 Å². The van der Waals surface area contributed by atoms with Crippen molar-refractivity contribution in [2.24, 2.45) is 0 Å². The number of nitrogens with one attached hydrogen (secondary N) is 1. The van der Waals surface area contributed by atoms with Crippen molar-refractivity contribution in [1.29, 1.82) is 0 Å². The van der Waals surface area contributed by atoms with Gasteiger partial charge in [-0.05, 0) is 0 Å². The SMILES string of the molecule is Nc1cnc[nH]1.OC[C@H]1OC(O)[C@H](O)[C@@H]1O. The molecule has 0 amide bonds. The van der Waals surface area contributed by atoms with E-state index in [0.717, 1.165) is 0 Å². The molecule has 1 unspecified atom stereocenters. The lowest BCUT2D eigenvalue weighted by molar-refractivity contribution is -0.132. The second kappa shape index (κ2) is 5.77. The maximum Gasteiger partial charge on any atom is 0.184 e. The summed E-state index contributed by atoms with van der Waals surface area (Å²) in [4.78, 5) is 6.31. The van der Waals surface area contributed by atoms with E-state index in [1.165, 1.54) is 6.33 Å². The fourth-order valence-corrected chi connectivity index (χ4v) is 1.15. The molecular weight excluding hydrogens is 218 g/mol. The molecule has 0 spiro atoms. The standard InChI is InChI=1S/C5H10O5.C3H5N3/c6-1-2-3(7)4(8)5(9)10-2;4-3-1-5-2-6-3/h2-9H,1H2;1-2H,4H2,(H,5,6)/t2-,3-,4-,5?;/m1./s1. The van der Waals surface area contributed by atoms with E-state index in [2.05, 4.69) is 14.7 Å². The minimum atomic E-state index is -1.38. The van der Waals surface area contributed by atoms with E-state index in [1.807, 2.05) is 0 Å². The van der Waals surface area contributed by atoms with Gasteiger partial charge in [0, 0.05) is 0 Å². The third-order valence-electron chi connectivity index (χ3n) is 2.04. The molecule has 1 aliphatic rings. The van der Waals surface area contributed by atoms with Crippen molar-refractivity contribution in [3.63, 3.8) is 0 Å². The molecule has 0 radical (unpaired) electrons. The van der Waals surface area contributed by atoms with E-state index in [9.17, 15) is 0 Å². The highest BCUT2D eigenvalue weighted by Gasteiger charge is 2.41. The summed E-state index contributed by atoms with van der Waals surface area (Å²) in [7, 11) is 0. The van der Waals surface area contributed by atoms with Gasteiger partial charge in [0.25, 0.3) is 0 Å². The predicted octanol–water partition coefficient (Wildman–Crippen LogP) is -2.59. The first-order valence-electron chi connectivity index (χ1n) is 4.60. The summed E-state index contributed by atoms with van der Waals surface area (Å²) in [6, 6.07) is 0. The number of hydrogen-bond acceptors (Lipinski definition) is 7. The Labute approximate surface area is 91.3 Å². The lowest BCUT2D eigenvalue weighted by Gasteiger charge is -2.09. The molecule has 8 heteroatoms. The molecule has 1 saturated heterocycles. The number of nitrogens with two attached hydrogens (primary N) is 1. The third kappa shape index (κ3) is 3.15. The van der Waals surface area contributed by atoms with Crippen LogP contribution in [0.15, 0.2) is 12.5 Å². The molecule has 1 aliphatic heterocycles. The Morgan fingerprint density at radius 1 is 1.38 bits per heavy atom. The quantitative estimate of drug-likeness (QED) is 0.312. The van der Waals surface area contributed by atoms with Crippen molar-refractivity contribution in [3.05, 3.63) is 12.5 Å². The van der Waals surface area contributed by atoms with Crippen LogP contribution in [0.5, 0.6) is 0 Å². The van der Waals surface area contributed by atoms with Gasteiger partial charge >= 0.3 is 0 Å². The summed E-state index contributed by atoms with van der Waals surface area (Å²) < 4.78 is 4.54. The van der Waals surface area contributed by atoms with E-state index in [4.69, 9.17) is 26.2 Å². The Morgan fingerprint density at radius 2 is 2.06 bits per heavy atom. The third-order valence-corrected chi connectivity index (χ3v) is 2.04. The zero-order valence-corrected chi connectivity index (χ0v) is 8.39. The van der Waals surface area contributed by atoms with Crippen molar-refractivity contribution in [2.45, 2.75) is 24.6 Å². The van der Waals surface area contributed by atoms with Crippen molar-refractivity contribution >= 4 is 5.82 Å². The summed E-state index contributed by atoms with van der Waals surface area (Å²) in [5.41, 5.74) is 5.16. The van der Waals surface area contributed by atoms with E-state index in [0.29, 0.717) is 5.82 Å². The number of H-pyrrole nitrogens is 1. The molecule has 1 aromatic rings.